The van der Waals surface area contributed by atoms with Crippen molar-refractivity contribution in [3.63, 3.8) is 0 Å². The van der Waals surface area contributed by atoms with Gasteiger partial charge in [-0.15, -0.1) is 21.5 Å². The van der Waals surface area contributed by atoms with E-state index in [1.807, 2.05) is 25.1 Å². The van der Waals surface area contributed by atoms with Crippen molar-refractivity contribution in [1.82, 2.24) is 15.2 Å². The van der Waals surface area contributed by atoms with E-state index in [4.69, 9.17) is 9.47 Å². The van der Waals surface area contributed by atoms with Crippen LogP contribution in [0.2, 0.25) is 0 Å². The summed E-state index contributed by atoms with van der Waals surface area (Å²) < 4.78 is 11.7. The Kier molecular flexibility index (Phi) is 5.45. The van der Waals surface area contributed by atoms with Crippen LogP contribution in [0.25, 0.3) is 10.6 Å². The number of benzene rings is 1. The minimum atomic E-state index is -0.454. The lowest BCUT2D eigenvalue weighted by Crippen LogP contribution is -2.07. The zero-order valence-electron chi connectivity index (χ0n) is 13.6. The Bertz CT molecular complexity index is 910. The summed E-state index contributed by atoms with van der Waals surface area (Å²) in [4.78, 5) is 17.1. The number of methoxy groups -OCH3 is 1. The van der Waals surface area contributed by atoms with Crippen molar-refractivity contribution in [3.05, 3.63) is 43.8 Å². The Morgan fingerprint density at radius 1 is 1.28 bits per heavy atom. The van der Waals surface area contributed by atoms with Gasteiger partial charge in [0.1, 0.15) is 20.6 Å². The van der Waals surface area contributed by atoms with E-state index in [0.29, 0.717) is 20.6 Å². The molecule has 0 N–H and O–H groups in total. The predicted molar refractivity (Wildman–Crippen MR) is 100 cm³/mol. The standard InChI is InChI=1S/C16H14BrN3O3S2/c1-8(14-20-19-9(2)24-14)23-16(21)13-7-18-15(25-13)11-6-10(17)4-5-12(11)22-3/h4-8H,1-3H3. The smallest absolute Gasteiger partial charge is 0.350 e. The van der Waals surface area contributed by atoms with Crippen LogP contribution in [0.3, 0.4) is 0 Å². The van der Waals surface area contributed by atoms with E-state index < -0.39 is 12.1 Å². The second-order valence-corrected chi connectivity index (χ2v) is 8.24. The second kappa shape index (κ2) is 7.59. The summed E-state index contributed by atoms with van der Waals surface area (Å²) in [6.45, 7) is 3.63. The number of nitrogens with zero attached hydrogens (tertiary/aromatic N) is 3. The molecule has 6 nitrogen and oxygen atoms in total. The summed E-state index contributed by atoms with van der Waals surface area (Å²) in [7, 11) is 1.60. The lowest BCUT2D eigenvalue weighted by Gasteiger charge is -2.08. The normalized spacial score (nSPS) is 12.0. The van der Waals surface area contributed by atoms with Gasteiger partial charge in [0, 0.05) is 4.47 Å². The van der Waals surface area contributed by atoms with E-state index in [1.54, 1.807) is 14.0 Å². The van der Waals surface area contributed by atoms with Crippen molar-refractivity contribution in [2.75, 3.05) is 7.11 Å². The van der Waals surface area contributed by atoms with E-state index in [2.05, 4.69) is 31.1 Å². The highest BCUT2D eigenvalue weighted by molar-refractivity contribution is 9.10. The molecule has 0 radical (unpaired) electrons. The Morgan fingerprint density at radius 2 is 2.08 bits per heavy atom. The van der Waals surface area contributed by atoms with E-state index in [0.717, 1.165) is 15.0 Å². The fourth-order valence-corrected chi connectivity index (χ4v) is 3.95. The van der Waals surface area contributed by atoms with Gasteiger partial charge in [-0.3, -0.25) is 0 Å². The van der Waals surface area contributed by atoms with Gasteiger partial charge in [-0.2, -0.15) is 0 Å². The van der Waals surface area contributed by atoms with E-state index >= 15 is 0 Å². The van der Waals surface area contributed by atoms with Gasteiger partial charge in [0.2, 0.25) is 0 Å². The molecule has 1 aromatic carbocycles. The fourth-order valence-electron chi connectivity index (χ4n) is 2.09. The minimum absolute atomic E-state index is 0.421. The Balaban J connectivity index is 1.79. The number of carbonyl (C=O) groups excluding carboxylic acids is 1. The van der Waals surface area contributed by atoms with Crippen LogP contribution in [0.1, 0.15) is 32.7 Å². The number of halogens is 1. The number of aryl methyl sites for hydroxylation is 1. The molecule has 0 amide bonds. The van der Waals surface area contributed by atoms with Gasteiger partial charge in [0.25, 0.3) is 0 Å². The number of hydrogen-bond donors (Lipinski definition) is 0. The summed E-state index contributed by atoms with van der Waals surface area (Å²) >= 11 is 6.10. The van der Waals surface area contributed by atoms with E-state index in [1.165, 1.54) is 28.9 Å². The van der Waals surface area contributed by atoms with Crippen molar-refractivity contribution in [2.24, 2.45) is 0 Å². The van der Waals surface area contributed by atoms with Crippen LogP contribution in [0.4, 0.5) is 0 Å². The number of hydrogen-bond acceptors (Lipinski definition) is 8. The number of rotatable bonds is 5. The molecule has 3 aromatic rings. The highest BCUT2D eigenvalue weighted by Crippen LogP contribution is 2.35. The molecule has 1 atom stereocenters. The van der Waals surface area contributed by atoms with Crippen molar-refractivity contribution in [3.8, 4) is 16.3 Å². The molecule has 0 bridgehead atoms. The molecule has 2 aromatic heterocycles. The first-order valence-corrected chi connectivity index (χ1v) is 9.71. The van der Waals surface area contributed by atoms with Crippen LogP contribution in [0, 0.1) is 6.92 Å². The third-order valence-corrected chi connectivity index (χ3v) is 5.78. The topological polar surface area (TPSA) is 74.2 Å². The molecule has 3 rings (SSSR count). The molecule has 0 fully saturated rings. The lowest BCUT2D eigenvalue weighted by molar-refractivity contribution is 0.0342. The van der Waals surface area contributed by atoms with Gasteiger partial charge < -0.3 is 9.47 Å². The molecule has 25 heavy (non-hydrogen) atoms. The summed E-state index contributed by atoms with van der Waals surface area (Å²) in [5.41, 5.74) is 0.814. The minimum Gasteiger partial charge on any atom is -0.496 e. The average Bonchev–Trinajstić information content (AvgIpc) is 3.24. The molecule has 0 aliphatic rings. The molecule has 0 aliphatic heterocycles. The van der Waals surface area contributed by atoms with Crippen LogP contribution >= 0.6 is 38.6 Å². The Labute approximate surface area is 161 Å². The summed E-state index contributed by atoms with van der Waals surface area (Å²) in [5, 5.41) is 10.1. The molecular formula is C16H14BrN3O3S2. The number of thiazole rings is 1. The number of carbonyl (C=O) groups is 1. The first-order valence-electron chi connectivity index (χ1n) is 7.28. The average molecular weight is 440 g/mol. The SMILES string of the molecule is COc1ccc(Br)cc1-c1ncc(C(=O)OC(C)c2nnc(C)s2)s1. The zero-order valence-corrected chi connectivity index (χ0v) is 16.9. The molecule has 9 heteroatoms. The van der Waals surface area contributed by atoms with Crippen LogP contribution in [-0.2, 0) is 4.74 Å². The predicted octanol–water partition coefficient (Wildman–Crippen LogP) is 4.66. The van der Waals surface area contributed by atoms with Gasteiger partial charge in [0.15, 0.2) is 11.1 Å². The third-order valence-electron chi connectivity index (χ3n) is 3.27. The largest absolute Gasteiger partial charge is 0.496 e. The highest BCUT2D eigenvalue weighted by Gasteiger charge is 2.20. The van der Waals surface area contributed by atoms with E-state index in [9.17, 15) is 4.79 Å². The van der Waals surface area contributed by atoms with Crippen molar-refractivity contribution >= 4 is 44.6 Å². The van der Waals surface area contributed by atoms with Crippen LogP contribution < -0.4 is 4.74 Å². The molecule has 0 saturated heterocycles. The fraction of sp³-hybridized carbons (Fsp3) is 0.250. The molecule has 2 heterocycles. The first kappa shape index (κ1) is 18.0. The van der Waals surface area contributed by atoms with Crippen LogP contribution in [-0.4, -0.2) is 28.3 Å². The molecule has 0 aliphatic carbocycles. The molecule has 1 unspecified atom stereocenters. The van der Waals surface area contributed by atoms with Gasteiger partial charge in [-0.25, -0.2) is 9.78 Å². The Morgan fingerprint density at radius 3 is 2.76 bits per heavy atom. The molecule has 130 valence electrons. The van der Waals surface area contributed by atoms with Gasteiger partial charge >= 0.3 is 5.97 Å². The van der Waals surface area contributed by atoms with Crippen LogP contribution in [0.5, 0.6) is 5.75 Å². The quantitative estimate of drug-likeness (QED) is 0.538. The van der Waals surface area contributed by atoms with E-state index in [-0.39, 0.29) is 0 Å². The zero-order chi connectivity index (χ0) is 18.0. The maximum Gasteiger partial charge on any atom is 0.350 e. The van der Waals surface area contributed by atoms with Gasteiger partial charge in [0.05, 0.1) is 18.9 Å². The number of esters is 1. The maximum atomic E-state index is 12.4. The van der Waals surface area contributed by atoms with Crippen molar-refractivity contribution in [1.29, 1.82) is 0 Å². The third kappa shape index (κ3) is 4.05. The summed E-state index contributed by atoms with van der Waals surface area (Å²) in [5.74, 6) is 0.258. The maximum absolute atomic E-state index is 12.4. The first-order chi connectivity index (χ1) is 12.0. The van der Waals surface area contributed by atoms with Crippen LogP contribution in [0.15, 0.2) is 28.9 Å². The lowest BCUT2D eigenvalue weighted by atomic mass is 10.2. The molecule has 0 saturated carbocycles. The highest BCUT2D eigenvalue weighted by atomic mass is 79.9. The second-order valence-electron chi connectivity index (χ2n) is 5.08. The Hall–Kier alpha value is -1.84. The van der Waals surface area contributed by atoms with Gasteiger partial charge in [-0.1, -0.05) is 27.3 Å². The monoisotopic (exact) mass is 439 g/mol. The van der Waals surface area contributed by atoms with Gasteiger partial charge in [-0.05, 0) is 32.0 Å². The summed E-state index contributed by atoms with van der Waals surface area (Å²) in [6.07, 6.45) is 1.06. The van der Waals surface area contributed by atoms with Crippen molar-refractivity contribution < 1.29 is 14.3 Å². The summed E-state index contributed by atoms with van der Waals surface area (Å²) in [6, 6.07) is 5.63. The molecular weight excluding hydrogens is 426 g/mol. The molecule has 0 spiro atoms. The number of ether oxygens (including phenoxy) is 2. The number of aromatic nitrogens is 3. The van der Waals surface area contributed by atoms with Crippen molar-refractivity contribution in [2.45, 2.75) is 20.0 Å².